The largest absolute Gasteiger partial charge is 0.352 e. The monoisotopic (exact) mass is 487 g/mol. The SMILES string of the molecule is CC[C@@H](C)NC(=O)[C@@H](CC)N(Cc1ccccc1Cl)C(=O)CCN1C(=O)[C@H]2CC=CC[C@H]2C1=O. The Morgan fingerprint density at radius 1 is 1.09 bits per heavy atom. The number of nitrogens with one attached hydrogen (secondary N) is 1. The van der Waals surface area contributed by atoms with Gasteiger partial charge in [-0.25, -0.2) is 0 Å². The summed E-state index contributed by atoms with van der Waals surface area (Å²) in [5.74, 6) is -1.56. The summed E-state index contributed by atoms with van der Waals surface area (Å²) in [6.45, 7) is 5.95. The molecule has 0 aromatic heterocycles. The average molecular weight is 488 g/mol. The third-order valence-corrected chi connectivity index (χ3v) is 7.20. The maximum atomic E-state index is 13.4. The highest BCUT2D eigenvalue weighted by Crippen LogP contribution is 2.35. The van der Waals surface area contributed by atoms with Crippen LogP contribution < -0.4 is 5.32 Å². The Hall–Kier alpha value is -2.67. The Morgan fingerprint density at radius 3 is 2.26 bits per heavy atom. The number of rotatable bonds is 10. The lowest BCUT2D eigenvalue weighted by Crippen LogP contribution is -2.51. The fraction of sp³-hybridized carbons (Fsp3) is 0.538. The zero-order chi connectivity index (χ0) is 24.8. The van der Waals surface area contributed by atoms with Crippen LogP contribution in [-0.4, -0.2) is 52.1 Å². The zero-order valence-corrected chi connectivity index (χ0v) is 20.9. The lowest BCUT2D eigenvalue weighted by Gasteiger charge is -2.32. The molecule has 1 aliphatic heterocycles. The van der Waals surface area contributed by atoms with Crippen LogP contribution in [0.1, 0.15) is 58.4 Å². The van der Waals surface area contributed by atoms with Gasteiger partial charge in [-0.15, -0.1) is 0 Å². The van der Waals surface area contributed by atoms with Crippen LogP contribution in [0.25, 0.3) is 0 Å². The van der Waals surface area contributed by atoms with Gasteiger partial charge in [0.1, 0.15) is 6.04 Å². The first kappa shape index (κ1) is 25.9. The molecule has 0 radical (unpaired) electrons. The van der Waals surface area contributed by atoms with Crippen molar-refractivity contribution in [2.45, 2.75) is 71.5 Å². The number of carbonyl (C=O) groups is 4. The van der Waals surface area contributed by atoms with Crippen molar-refractivity contribution in [3.05, 3.63) is 47.0 Å². The van der Waals surface area contributed by atoms with Gasteiger partial charge in [0.25, 0.3) is 0 Å². The van der Waals surface area contributed by atoms with Crippen LogP contribution in [-0.2, 0) is 25.7 Å². The molecule has 1 saturated heterocycles. The van der Waals surface area contributed by atoms with Gasteiger partial charge < -0.3 is 10.2 Å². The third kappa shape index (κ3) is 5.69. The van der Waals surface area contributed by atoms with Crippen molar-refractivity contribution in [1.82, 2.24) is 15.1 Å². The molecule has 34 heavy (non-hydrogen) atoms. The minimum Gasteiger partial charge on any atom is -0.352 e. The molecule has 3 rings (SSSR count). The van der Waals surface area contributed by atoms with Gasteiger partial charge in [0.05, 0.1) is 11.8 Å². The second-order valence-electron chi connectivity index (χ2n) is 9.09. The van der Waals surface area contributed by atoms with Crippen LogP contribution in [0.15, 0.2) is 36.4 Å². The topological polar surface area (TPSA) is 86.8 Å². The minimum absolute atomic E-state index is 0.0180. The highest BCUT2D eigenvalue weighted by Gasteiger charge is 2.47. The number of fused-ring (bicyclic) bond motifs is 1. The van der Waals surface area contributed by atoms with E-state index in [9.17, 15) is 19.2 Å². The fourth-order valence-corrected chi connectivity index (χ4v) is 4.81. The Balaban J connectivity index is 1.77. The molecule has 1 fully saturated rings. The second kappa shape index (κ2) is 11.6. The summed E-state index contributed by atoms with van der Waals surface area (Å²) < 4.78 is 0. The Labute approximate surface area is 206 Å². The van der Waals surface area contributed by atoms with Crippen LogP contribution in [0, 0.1) is 11.8 Å². The molecule has 1 N–H and O–H groups in total. The van der Waals surface area contributed by atoms with Gasteiger partial charge in [0.2, 0.25) is 23.6 Å². The van der Waals surface area contributed by atoms with Crippen LogP contribution in [0.4, 0.5) is 0 Å². The number of halogens is 1. The quantitative estimate of drug-likeness (QED) is 0.402. The van der Waals surface area contributed by atoms with Crippen molar-refractivity contribution in [3.8, 4) is 0 Å². The number of hydrogen-bond acceptors (Lipinski definition) is 4. The molecule has 8 heteroatoms. The lowest BCUT2D eigenvalue weighted by atomic mass is 9.85. The molecule has 1 aliphatic carbocycles. The second-order valence-corrected chi connectivity index (χ2v) is 9.50. The van der Waals surface area contributed by atoms with E-state index in [4.69, 9.17) is 11.6 Å². The smallest absolute Gasteiger partial charge is 0.243 e. The molecule has 2 aliphatic rings. The minimum atomic E-state index is -0.686. The van der Waals surface area contributed by atoms with Crippen molar-refractivity contribution >= 4 is 35.2 Å². The average Bonchev–Trinajstić information content (AvgIpc) is 3.08. The van der Waals surface area contributed by atoms with Gasteiger partial charge in [0.15, 0.2) is 0 Å². The fourth-order valence-electron chi connectivity index (χ4n) is 4.61. The molecule has 0 saturated carbocycles. The number of benzene rings is 1. The van der Waals surface area contributed by atoms with Crippen LogP contribution in [0.5, 0.6) is 0 Å². The Kier molecular flexibility index (Phi) is 8.89. The molecule has 0 unspecified atom stereocenters. The normalized spacial score (nSPS) is 21.2. The number of nitrogens with zero attached hydrogens (tertiary/aromatic N) is 2. The van der Waals surface area contributed by atoms with E-state index in [0.29, 0.717) is 24.3 Å². The molecular formula is C26H34ClN3O4. The summed E-state index contributed by atoms with van der Waals surface area (Å²) in [5, 5.41) is 3.48. The molecule has 4 atom stereocenters. The standard InChI is InChI=1S/C26H34ClN3O4/c1-4-17(3)28-24(32)22(5-2)30(16-18-10-6-9-13-21(18)27)23(31)14-15-29-25(33)19-11-7-8-12-20(19)26(29)34/h6-10,13,17,19-20,22H,4-5,11-12,14-16H2,1-3H3,(H,28,32)/t17-,19-,20+,22-/m1/s1. The first-order valence-electron chi connectivity index (χ1n) is 12.1. The van der Waals surface area contributed by atoms with Gasteiger partial charge in [-0.2, -0.15) is 0 Å². The molecule has 4 amide bonds. The van der Waals surface area contributed by atoms with Crippen molar-refractivity contribution in [3.63, 3.8) is 0 Å². The lowest BCUT2D eigenvalue weighted by molar-refractivity contribution is -0.144. The van der Waals surface area contributed by atoms with Gasteiger partial charge in [0, 0.05) is 30.6 Å². The van der Waals surface area contributed by atoms with Crippen molar-refractivity contribution in [1.29, 1.82) is 0 Å². The number of carbonyl (C=O) groups excluding carboxylic acids is 4. The van der Waals surface area contributed by atoms with E-state index in [0.717, 1.165) is 12.0 Å². The molecule has 184 valence electrons. The molecule has 0 spiro atoms. The number of amides is 4. The van der Waals surface area contributed by atoms with Crippen molar-refractivity contribution in [2.75, 3.05) is 6.54 Å². The van der Waals surface area contributed by atoms with E-state index in [1.54, 1.807) is 6.07 Å². The predicted octanol–water partition coefficient (Wildman–Crippen LogP) is 3.70. The summed E-state index contributed by atoms with van der Waals surface area (Å²) in [5.41, 5.74) is 0.734. The molecule has 1 heterocycles. The van der Waals surface area contributed by atoms with Crippen molar-refractivity contribution < 1.29 is 19.2 Å². The van der Waals surface area contributed by atoms with Gasteiger partial charge in [-0.3, -0.25) is 24.1 Å². The first-order chi connectivity index (χ1) is 16.3. The Bertz CT molecular complexity index is 937. The van der Waals surface area contributed by atoms with Gasteiger partial charge in [-0.1, -0.05) is 55.8 Å². The third-order valence-electron chi connectivity index (χ3n) is 6.83. The summed E-state index contributed by atoms with van der Waals surface area (Å²) >= 11 is 6.35. The Morgan fingerprint density at radius 2 is 1.71 bits per heavy atom. The molecule has 0 bridgehead atoms. The molecule has 1 aromatic rings. The van der Waals surface area contributed by atoms with E-state index in [-0.39, 0.29) is 61.0 Å². The number of imide groups is 1. The molecule has 1 aromatic carbocycles. The maximum absolute atomic E-state index is 13.4. The zero-order valence-electron chi connectivity index (χ0n) is 20.1. The van der Waals surface area contributed by atoms with Crippen LogP contribution in [0.2, 0.25) is 5.02 Å². The number of allylic oxidation sites excluding steroid dienone is 2. The van der Waals surface area contributed by atoms with Crippen LogP contribution >= 0.6 is 11.6 Å². The summed E-state index contributed by atoms with van der Waals surface area (Å²) in [6, 6.07) is 6.51. The molecular weight excluding hydrogens is 454 g/mol. The van der Waals surface area contributed by atoms with Gasteiger partial charge >= 0.3 is 0 Å². The van der Waals surface area contributed by atoms with E-state index in [2.05, 4.69) is 5.32 Å². The highest BCUT2D eigenvalue weighted by atomic mass is 35.5. The van der Waals surface area contributed by atoms with Crippen molar-refractivity contribution in [2.24, 2.45) is 11.8 Å². The highest BCUT2D eigenvalue weighted by molar-refractivity contribution is 6.31. The number of likely N-dealkylation sites (tertiary alicyclic amines) is 1. The number of hydrogen-bond donors (Lipinski definition) is 1. The summed E-state index contributed by atoms with van der Waals surface area (Å²) in [4.78, 5) is 54.8. The van der Waals surface area contributed by atoms with E-state index < -0.39 is 6.04 Å². The van der Waals surface area contributed by atoms with E-state index in [1.807, 2.05) is 51.1 Å². The predicted molar refractivity (Wildman–Crippen MR) is 131 cm³/mol. The van der Waals surface area contributed by atoms with E-state index in [1.165, 1.54) is 9.80 Å². The summed E-state index contributed by atoms with van der Waals surface area (Å²) in [7, 11) is 0. The first-order valence-corrected chi connectivity index (χ1v) is 12.5. The van der Waals surface area contributed by atoms with Gasteiger partial charge in [-0.05, 0) is 44.2 Å². The molecule has 7 nitrogen and oxygen atoms in total. The van der Waals surface area contributed by atoms with Crippen LogP contribution in [0.3, 0.4) is 0 Å². The summed E-state index contributed by atoms with van der Waals surface area (Å²) in [6.07, 6.45) is 6.16. The maximum Gasteiger partial charge on any atom is 0.243 e. The van der Waals surface area contributed by atoms with E-state index >= 15 is 0 Å².